The van der Waals surface area contributed by atoms with Gasteiger partial charge in [0, 0.05) is 6.42 Å². The Morgan fingerprint density at radius 3 is 1.91 bits per heavy atom. The highest BCUT2D eigenvalue weighted by atomic mass is 19.4. The molecule has 0 N–H and O–H groups in total. The Labute approximate surface area is 127 Å². The summed E-state index contributed by atoms with van der Waals surface area (Å²) in [6.07, 6.45) is -14.5. The van der Waals surface area contributed by atoms with Gasteiger partial charge in [0.2, 0.25) is 0 Å². The summed E-state index contributed by atoms with van der Waals surface area (Å²) in [6, 6.07) is 7.96. The van der Waals surface area contributed by atoms with Crippen LogP contribution in [0.5, 0.6) is 0 Å². The second-order valence-electron chi connectivity index (χ2n) is 5.00. The fraction of sp³-hybridized carbons (Fsp3) is 0.500. The Morgan fingerprint density at radius 1 is 1.00 bits per heavy atom. The van der Waals surface area contributed by atoms with Gasteiger partial charge in [-0.25, -0.2) is 4.39 Å². The van der Waals surface area contributed by atoms with Gasteiger partial charge in [0.05, 0.1) is 5.92 Å². The Hall–Kier alpha value is -1.80. The molecule has 0 saturated heterocycles. The van der Waals surface area contributed by atoms with E-state index in [0.29, 0.717) is 5.56 Å². The van der Waals surface area contributed by atoms with Gasteiger partial charge in [-0.2, -0.15) is 26.3 Å². The number of halogens is 7. The smallest absolute Gasteiger partial charge is 0.431 e. The number of carbonyl (C=O) groups is 1. The normalized spacial score (nSPS) is 14.4. The van der Waals surface area contributed by atoms with Crippen LogP contribution in [0.3, 0.4) is 0 Å². The van der Waals surface area contributed by atoms with Crippen LogP contribution in [0.15, 0.2) is 30.3 Å². The van der Waals surface area contributed by atoms with E-state index < -0.39 is 36.3 Å². The molecule has 0 bridgehead atoms. The molecule has 23 heavy (non-hydrogen) atoms. The monoisotopic (exact) mass is 346 g/mol. The van der Waals surface area contributed by atoms with Crippen molar-refractivity contribution < 1.29 is 40.3 Å². The predicted molar refractivity (Wildman–Crippen MR) is 66.0 cm³/mol. The third kappa shape index (κ3) is 4.59. The van der Waals surface area contributed by atoms with Gasteiger partial charge in [-0.3, -0.25) is 4.79 Å². The van der Waals surface area contributed by atoms with E-state index in [9.17, 15) is 35.5 Å². The first-order chi connectivity index (χ1) is 10.4. The molecule has 0 aromatic heterocycles. The minimum absolute atomic E-state index is 0.332. The van der Waals surface area contributed by atoms with Crippen molar-refractivity contribution in [3.8, 4) is 0 Å². The van der Waals surface area contributed by atoms with E-state index in [1.165, 1.54) is 0 Å². The van der Waals surface area contributed by atoms with Crippen LogP contribution in [0.2, 0.25) is 0 Å². The molecule has 1 rings (SSSR count). The Kier molecular flexibility index (Phi) is 5.65. The highest BCUT2D eigenvalue weighted by Crippen LogP contribution is 2.49. The number of benzene rings is 1. The van der Waals surface area contributed by atoms with E-state index in [1.54, 1.807) is 30.3 Å². The van der Waals surface area contributed by atoms with Crippen molar-refractivity contribution in [1.29, 1.82) is 0 Å². The molecule has 0 saturated carbocycles. The highest BCUT2D eigenvalue weighted by Gasteiger charge is 2.72. The fourth-order valence-corrected chi connectivity index (χ4v) is 1.77. The number of hydrogen-bond donors (Lipinski definition) is 0. The van der Waals surface area contributed by atoms with Gasteiger partial charge in [0.15, 0.2) is 0 Å². The van der Waals surface area contributed by atoms with E-state index in [4.69, 9.17) is 0 Å². The maximum Gasteiger partial charge on any atom is 0.431 e. The first-order valence-corrected chi connectivity index (χ1v) is 6.41. The van der Waals surface area contributed by atoms with Crippen LogP contribution >= 0.6 is 0 Å². The van der Waals surface area contributed by atoms with Gasteiger partial charge in [-0.1, -0.05) is 37.3 Å². The number of ether oxygens (including phenoxy) is 1. The molecule has 0 heterocycles. The van der Waals surface area contributed by atoms with Gasteiger partial charge < -0.3 is 4.74 Å². The topological polar surface area (TPSA) is 26.3 Å². The summed E-state index contributed by atoms with van der Waals surface area (Å²) in [5.41, 5.74) is -4.98. The van der Waals surface area contributed by atoms with Crippen molar-refractivity contribution in [2.75, 3.05) is 0 Å². The van der Waals surface area contributed by atoms with E-state index in [2.05, 4.69) is 4.74 Å². The number of carbonyl (C=O) groups excluding carboxylic acids is 1. The minimum atomic E-state index is -6.18. The van der Waals surface area contributed by atoms with Crippen molar-refractivity contribution in [3.05, 3.63) is 35.9 Å². The van der Waals surface area contributed by atoms with Crippen molar-refractivity contribution in [1.82, 2.24) is 0 Å². The molecule has 0 aliphatic rings. The second-order valence-corrected chi connectivity index (χ2v) is 5.00. The van der Waals surface area contributed by atoms with Crippen LogP contribution in [0.4, 0.5) is 30.7 Å². The largest absolute Gasteiger partial charge is 0.461 e. The van der Waals surface area contributed by atoms with Gasteiger partial charge in [-0.05, 0) is 5.56 Å². The summed E-state index contributed by atoms with van der Waals surface area (Å²) in [5.74, 6) is -3.27. The van der Waals surface area contributed by atoms with E-state index >= 15 is 0 Å². The van der Waals surface area contributed by atoms with E-state index in [1.807, 2.05) is 0 Å². The lowest BCUT2D eigenvalue weighted by molar-refractivity contribution is -0.345. The van der Waals surface area contributed by atoms with Gasteiger partial charge in [-0.15, -0.1) is 0 Å². The summed E-state index contributed by atoms with van der Waals surface area (Å²) in [6.45, 7) is 0.417. The molecule has 9 heteroatoms. The molecule has 0 spiro atoms. The molecule has 0 fully saturated rings. The third-order valence-corrected chi connectivity index (χ3v) is 3.11. The number of esters is 1. The van der Waals surface area contributed by atoms with Crippen LogP contribution < -0.4 is 0 Å². The lowest BCUT2D eigenvalue weighted by atomic mass is 9.91. The predicted octanol–water partition coefficient (Wildman–Crippen LogP) is 4.59. The van der Waals surface area contributed by atoms with Crippen LogP contribution in [-0.2, 0) is 16.1 Å². The van der Waals surface area contributed by atoms with E-state index in [-0.39, 0.29) is 6.61 Å². The standard InChI is InChI=1S/C14H13F7O2/c1-9(7-12(15,13(16,17)18)14(19,20)21)11(22)23-8-10-5-3-2-4-6-10/h2-6,9H,7-8H2,1H3. The first kappa shape index (κ1) is 19.2. The second kappa shape index (κ2) is 6.76. The summed E-state index contributed by atoms with van der Waals surface area (Å²) in [4.78, 5) is 11.5. The van der Waals surface area contributed by atoms with Crippen molar-refractivity contribution in [3.63, 3.8) is 0 Å². The molecular weight excluding hydrogens is 333 g/mol. The zero-order valence-corrected chi connectivity index (χ0v) is 11.8. The van der Waals surface area contributed by atoms with Crippen LogP contribution in [0, 0.1) is 5.92 Å². The summed E-state index contributed by atoms with van der Waals surface area (Å²) in [5, 5.41) is 0. The average molecular weight is 346 g/mol. The summed E-state index contributed by atoms with van der Waals surface area (Å²) < 4.78 is 92.7. The minimum Gasteiger partial charge on any atom is -0.461 e. The van der Waals surface area contributed by atoms with E-state index in [0.717, 1.165) is 6.92 Å². The number of hydrogen-bond acceptors (Lipinski definition) is 2. The van der Waals surface area contributed by atoms with Crippen molar-refractivity contribution in [2.45, 2.75) is 38.0 Å². The molecule has 1 aromatic carbocycles. The molecule has 0 radical (unpaired) electrons. The van der Waals surface area contributed by atoms with Crippen molar-refractivity contribution >= 4 is 5.97 Å². The average Bonchev–Trinajstić information content (AvgIpc) is 2.43. The third-order valence-electron chi connectivity index (χ3n) is 3.11. The quantitative estimate of drug-likeness (QED) is 0.576. The van der Waals surface area contributed by atoms with Gasteiger partial charge >= 0.3 is 18.3 Å². The van der Waals surface area contributed by atoms with Crippen LogP contribution in [0.1, 0.15) is 18.9 Å². The molecule has 0 aliphatic carbocycles. The maximum absolute atomic E-state index is 13.5. The zero-order valence-electron chi connectivity index (χ0n) is 11.8. The summed E-state index contributed by atoms with van der Waals surface area (Å²) >= 11 is 0. The van der Waals surface area contributed by atoms with Gasteiger partial charge in [0.25, 0.3) is 5.67 Å². The molecule has 0 aliphatic heterocycles. The zero-order chi connectivity index (χ0) is 17.9. The highest BCUT2D eigenvalue weighted by molar-refractivity contribution is 5.72. The summed E-state index contributed by atoms with van der Waals surface area (Å²) in [7, 11) is 0. The maximum atomic E-state index is 13.5. The number of alkyl halides is 7. The van der Waals surface area contributed by atoms with Crippen LogP contribution in [-0.4, -0.2) is 24.0 Å². The fourth-order valence-electron chi connectivity index (χ4n) is 1.77. The first-order valence-electron chi connectivity index (χ1n) is 6.41. The van der Waals surface area contributed by atoms with Crippen molar-refractivity contribution in [2.24, 2.45) is 5.92 Å². The molecule has 1 aromatic rings. The molecule has 130 valence electrons. The number of rotatable bonds is 5. The lowest BCUT2D eigenvalue weighted by Crippen LogP contribution is -2.54. The molecule has 0 amide bonds. The molecular formula is C14H13F7O2. The molecule has 1 unspecified atom stereocenters. The SMILES string of the molecule is CC(CC(F)(C(F)(F)F)C(F)(F)F)C(=O)OCc1ccccc1. The molecule has 2 nitrogen and oxygen atoms in total. The van der Waals surface area contributed by atoms with Gasteiger partial charge in [0.1, 0.15) is 6.61 Å². The Balaban J connectivity index is 2.75. The van der Waals surface area contributed by atoms with Crippen LogP contribution in [0.25, 0.3) is 0 Å². The lowest BCUT2D eigenvalue weighted by Gasteiger charge is -2.31. The Bertz CT molecular complexity index is 508. The molecule has 1 atom stereocenters. The Morgan fingerprint density at radius 2 is 1.48 bits per heavy atom.